The Morgan fingerprint density at radius 3 is 2.88 bits per heavy atom. The third kappa shape index (κ3) is 3.34. The van der Waals surface area contributed by atoms with Crippen LogP contribution < -0.4 is 0 Å². The van der Waals surface area contributed by atoms with Gasteiger partial charge in [0.2, 0.25) is 0 Å². The van der Waals surface area contributed by atoms with Gasteiger partial charge in [0.25, 0.3) is 0 Å². The number of rotatable bonds is 4. The molecule has 0 spiro atoms. The summed E-state index contributed by atoms with van der Waals surface area (Å²) in [6.07, 6.45) is 5.82. The van der Waals surface area contributed by atoms with Gasteiger partial charge in [0.15, 0.2) is 0 Å². The number of hydrogen-bond donors (Lipinski definition) is 1. The zero-order valence-electron chi connectivity index (χ0n) is 12.8. The Morgan fingerprint density at radius 1 is 1.21 bits per heavy atom. The smallest absolute Gasteiger partial charge is 0.125 e. The first kappa shape index (κ1) is 16.7. The first-order valence-electron chi connectivity index (χ1n) is 7.89. The average molecular weight is 330 g/mol. The fourth-order valence-corrected chi connectivity index (χ4v) is 3.03. The number of halogens is 1. The molecule has 1 aliphatic heterocycles. The highest BCUT2D eigenvalue weighted by molar-refractivity contribution is 5.95. The molecular formula is C18H23FN4O. The third-order valence-electron chi connectivity index (χ3n) is 4.34. The number of hydrogen-bond acceptors (Lipinski definition) is 3. The minimum atomic E-state index is -0.230. The van der Waals surface area contributed by atoms with E-state index in [0.29, 0.717) is 0 Å². The number of fused-ring (bicyclic) bond motifs is 1. The van der Waals surface area contributed by atoms with Crippen molar-refractivity contribution in [1.82, 2.24) is 19.7 Å². The summed E-state index contributed by atoms with van der Waals surface area (Å²) in [7, 11) is 0. The van der Waals surface area contributed by atoms with Gasteiger partial charge in [-0.1, -0.05) is 7.43 Å². The summed E-state index contributed by atoms with van der Waals surface area (Å²) in [4.78, 5) is 5.51. The van der Waals surface area contributed by atoms with E-state index < -0.39 is 0 Å². The molecular weight excluding hydrogens is 307 g/mol. The molecule has 1 aromatic carbocycles. The Morgan fingerprint density at radius 2 is 2.04 bits per heavy atom. The number of nitrogens with one attached hydrogen (secondary N) is 1. The summed E-state index contributed by atoms with van der Waals surface area (Å²) in [6.45, 7) is 5.44. The van der Waals surface area contributed by atoms with Gasteiger partial charge in [-0.3, -0.25) is 9.58 Å². The fraction of sp³-hybridized carbons (Fsp3) is 0.389. The molecule has 0 aliphatic carbocycles. The van der Waals surface area contributed by atoms with E-state index in [1.54, 1.807) is 0 Å². The van der Waals surface area contributed by atoms with Crippen molar-refractivity contribution in [3.05, 3.63) is 42.6 Å². The quantitative estimate of drug-likeness (QED) is 0.799. The Hall–Kier alpha value is -2.18. The van der Waals surface area contributed by atoms with Crippen molar-refractivity contribution >= 4 is 10.9 Å². The molecule has 3 aromatic rings. The van der Waals surface area contributed by atoms with Gasteiger partial charge in [-0.25, -0.2) is 4.39 Å². The molecule has 0 bridgehead atoms. The summed E-state index contributed by atoms with van der Waals surface area (Å²) in [6, 6.07) is 4.81. The van der Waals surface area contributed by atoms with Gasteiger partial charge in [-0.05, 0) is 18.2 Å². The molecule has 1 N–H and O–H groups in total. The molecule has 1 fully saturated rings. The second-order valence-corrected chi connectivity index (χ2v) is 5.84. The van der Waals surface area contributed by atoms with Gasteiger partial charge in [0, 0.05) is 54.1 Å². The van der Waals surface area contributed by atoms with Crippen LogP contribution in [0.4, 0.5) is 4.39 Å². The van der Waals surface area contributed by atoms with E-state index in [0.717, 1.165) is 61.4 Å². The number of ether oxygens (including phenoxy) is 1. The molecule has 3 heterocycles. The monoisotopic (exact) mass is 330 g/mol. The van der Waals surface area contributed by atoms with E-state index >= 15 is 0 Å². The van der Waals surface area contributed by atoms with Gasteiger partial charge in [-0.15, -0.1) is 0 Å². The molecule has 4 rings (SSSR count). The largest absolute Gasteiger partial charge is 0.379 e. The maximum absolute atomic E-state index is 13.3. The lowest BCUT2D eigenvalue weighted by Crippen LogP contribution is -2.38. The molecule has 128 valence electrons. The van der Waals surface area contributed by atoms with Crippen molar-refractivity contribution in [2.45, 2.75) is 14.0 Å². The molecule has 0 unspecified atom stereocenters. The Kier molecular flexibility index (Phi) is 4.97. The van der Waals surface area contributed by atoms with Crippen molar-refractivity contribution < 1.29 is 9.13 Å². The zero-order chi connectivity index (χ0) is 15.6. The normalized spacial score (nSPS) is 15.5. The predicted octanol–water partition coefficient (Wildman–Crippen LogP) is 3.14. The second kappa shape index (κ2) is 7.15. The number of aromatic nitrogens is 3. The highest BCUT2D eigenvalue weighted by atomic mass is 19.1. The minimum Gasteiger partial charge on any atom is -0.379 e. The van der Waals surface area contributed by atoms with Gasteiger partial charge >= 0.3 is 0 Å². The van der Waals surface area contributed by atoms with Crippen LogP contribution in [-0.2, 0) is 11.3 Å². The molecule has 0 amide bonds. The summed E-state index contributed by atoms with van der Waals surface area (Å²) in [5.41, 5.74) is 2.91. The van der Waals surface area contributed by atoms with Crippen LogP contribution in [0.25, 0.3) is 22.0 Å². The van der Waals surface area contributed by atoms with Crippen molar-refractivity contribution in [2.24, 2.45) is 0 Å². The van der Waals surface area contributed by atoms with Crippen LogP contribution in [0.3, 0.4) is 0 Å². The average Bonchev–Trinajstić information content (AvgIpc) is 3.20. The Balaban J connectivity index is 0.00000169. The first-order chi connectivity index (χ1) is 11.3. The molecule has 0 atom stereocenters. The summed E-state index contributed by atoms with van der Waals surface area (Å²) in [5.74, 6) is -0.230. The van der Waals surface area contributed by atoms with Gasteiger partial charge in [0.05, 0.1) is 26.0 Å². The van der Waals surface area contributed by atoms with Crippen molar-refractivity contribution in [1.29, 1.82) is 0 Å². The Bertz CT molecular complexity index is 804. The first-order valence-corrected chi connectivity index (χ1v) is 7.89. The molecule has 0 radical (unpaired) electrons. The van der Waals surface area contributed by atoms with Crippen molar-refractivity contribution in [3.8, 4) is 11.1 Å². The minimum absolute atomic E-state index is 0. The standard InChI is InChI=1S/C17H19FN4O.CH4/c18-14-1-2-15-16(11-19-17(15)9-14)13-10-20-22(12-13)4-3-21-5-7-23-8-6-21;/h1-2,9-12,19H,3-8H2;1H4. The summed E-state index contributed by atoms with van der Waals surface area (Å²) in [5, 5.41) is 5.46. The zero-order valence-corrected chi connectivity index (χ0v) is 12.8. The lowest BCUT2D eigenvalue weighted by molar-refractivity contribution is 0.0360. The molecule has 1 aliphatic rings. The maximum Gasteiger partial charge on any atom is 0.125 e. The lowest BCUT2D eigenvalue weighted by atomic mass is 10.1. The van der Waals surface area contributed by atoms with Crippen molar-refractivity contribution in [3.63, 3.8) is 0 Å². The molecule has 1 saturated heterocycles. The van der Waals surface area contributed by atoms with Gasteiger partial charge < -0.3 is 9.72 Å². The SMILES string of the molecule is C.Fc1ccc2c(-c3cnn(CCN4CCOCC4)c3)c[nH]c2c1. The lowest BCUT2D eigenvalue weighted by Gasteiger charge is -2.26. The van der Waals surface area contributed by atoms with Crippen LogP contribution in [0.15, 0.2) is 36.8 Å². The molecule has 6 heteroatoms. The molecule has 5 nitrogen and oxygen atoms in total. The van der Waals surface area contributed by atoms with Crippen LogP contribution in [0, 0.1) is 5.82 Å². The van der Waals surface area contributed by atoms with Crippen LogP contribution in [0.5, 0.6) is 0 Å². The van der Waals surface area contributed by atoms with E-state index in [-0.39, 0.29) is 13.2 Å². The molecule has 2 aromatic heterocycles. The van der Waals surface area contributed by atoms with Gasteiger partial charge in [0.1, 0.15) is 5.82 Å². The number of benzene rings is 1. The molecule has 0 saturated carbocycles. The predicted molar refractivity (Wildman–Crippen MR) is 93.5 cm³/mol. The van der Waals surface area contributed by atoms with E-state index in [4.69, 9.17) is 4.74 Å². The van der Waals surface area contributed by atoms with Crippen LogP contribution in [0.1, 0.15) is 7.43 Å². The fourth-order valence-electron chi connectivity index (χ4n) is 3.03. The van der Waals surface area contributed by atoms with Crippen molar-refractivity contribution in [2.75, 3.05) is 32.8 Å². The highest BCUT2D eigenvalue weighted by Crippen LogP contribution is 2.28. The van der Waals surface area contributed by atoms with E-state index in [9.17, 15) is 4.39 Å². The Labute approximate surface area is 141 Å². The van der Waals surface area contributed by atoms with Gasteiger partial charge in [-0.2, -0.15) is 5.10 Å². The summed E-state index contributed by atoms with van der Waals surface area (Å²) >= 11 is 0. The molecule has 24 heavy (non-hydrogen) atoms. The topological polar surface area (TPSA) is 46.1 Å². The third-order valence-corrected chi connectivity index (χ3v) is 4.34. The number of nitrogens with zero attached hydrogens (tertiary/aromatic N) is 3. The number of morpholine rings is 1. The van der Waals surface area contributed by atoms with E-state index in [1.165, 1.54) is 12.1 Å². The maximum atomic E-state index is 13.3. The number of aromatic amines is 1. The second-order valence-electron chi connectivity index (χ2n) is 5.84. The van der Waals surface area contributed by atoms with E-state index in [1.807, 2.05) is 29.3 Å². The van der Waals surface area contributed by atoms with Crippen LogP contribution in [0.2, 0.25) is 0 Å². The van der Waals surface area contributed by atoms with Crippen LogP contribution >= 0.6 is 0 Å². The highest BCUT2D eigenvalue weighted by Gasteiger charge is 2.12. The van der Waals surface area contributed by atoms with E-state index in [2.05, 4.69) is 15.0 Å². The number of H-pyrrole nitrogens is 1. The summed E-state index contributed by atoms with van der Waals surface area (Å²) < 4.78 is 20.6. The van der Waals surface area contributed by atoms with Crippen LogP contribution in [-0.4, -0.2) is 52.5 Å².